The van der Waals surface area contributed by atoms with Crippen molar-refractivity contribution in [1.29, 1.82) is 0 Å². The normalized spacial score (nSPS) is 28.6. The summed E-state index contributed by atoms with van der Waals surface area (Å²) in [6.07, 6.45) is 52.1. The van der Waals surface area contributed by atoms with Gasteiger partial charge in [0.15, 0.2) is 6.29 Å². The molecule has 4 rings (SSSR count). The van der Waals surface area contributed by atoms with Crippen LogP contribution in [0.5, 0.6) is 0 Å². The van der Waals surface area contributed by atoms with Gasteiger partial charge >= 0.3 is 0 Å². The Balaban J connectivity index is 1.30. The SMILES string of the molecule is CCCCC/C=C\C/C=C\CCCCCCCC(OC1CCC2(C)C(=CCC3C2CCC2(C)C(C(C)/C=C/C(CC)C(C)C)CCC32)C1)OS(C)(C)OCCCCCCN(CCO)CCO. The molecule has 7 heteroatoms. The van der Waals surface area contributed by atoms with E-state index in [4.69, 9.17) is 13.1 Å². The number of unbranched alkanes of at least 4 members (excludes halogenated alkanes) is 11. The summed E-state index contributed by atoms with van der Waals surface area (Å²) in [4.78, 5) is 2.14. The quantitative estimate of drug-likeness (QED) is 0.0375. The van der Waals surface area contributed by atoms with E-state index in [1.165, 1.54) is 103 Å². The molecule has 0 aromatic heterocycles. The van der Waals surface area contributed by atoms with E-state index in [1.807, 2.05) is 0 Å². The number of fused-ring (bicyclic) bond motifs is 5. The Bertz CT molecular complexity index is 1420. The third-order valence-electron chi connectivity index (χ3n) is 17.4. The van der Waals surface area contributed by atoms with Crippen molar-refractivity contribution in [2.45, 2.75) is 221 Å². The predicted molar refractivity (Wildman–Crippen MR) is 286 cm³/mol. The molecular formula is C59H107NO5S. The lowest BCUT2D eigenvalue weighted by molar-refractivity contribution is -0.137. The molecule has 10 atom stereocenters. The summed E-state index contributed by atoms with van der Waals surface area (Å²) in [6, 6.07) is 0. The lowest BCUT2D eigenvalue weighted by Gasteiger charge is -2.58. The zero-order chi connectivity index (χ0) is 47.8. The molecule has 0 saturated heterocycles. The van der Waals surface area contributed by atoms with Crippen molar-refractivity contribution >= 4 is 10.6 Å². The van der Waals surface area contributed by atoms with E-state index in [-0.39, 0.29) is 25.6 Å². The monoisotopic (exact) mass is 942 g/mol. The zero-order valence-electron chi connectivity index (χ0n) is 44.6. The van der Waals surface area contributed by atoms with Crippen LogP contribution in [-0.4, -0.2) is 79.5 Å². The van der Waals surface area contributed by atoms with Gasteiger partial charge in [-0.15, -0.1) is 0 Å². The Morgan fingerprint density at radius 3 is 2.14 bits per heavy atom. The molecule has 6 nitrogen and oxygen atoms in total. The maximum Gasteiger partial charge on any atom is 0.180 e. The molecule has 3 saturated carbocycles. The third kappa shape index (κ3) is 18.4. The Hall–Kier alpha value is -0.930. The molecule has 0 heterocycles. The van der Waals surface area contributed by atoms with Gasteiger partial charge in [0.25, 0.3) is 0 Å². The first-order valence-corrected chi connectivity index (χ1v) is 30.4. The number of nitrogens with zero attached hydrogens (tertiary/aromatic N) is 1. The first-order valence-electron chi connectivity index (χ1n) is 28.1. The fraction of sp³-hybridized carbons (Fsp3) is 0.864. The van der Waals surface area contributed by atoms with Gasteiger partial charge in [0.05, 0.1) is 25.9 Å². The lowest BCUT2D eigenvalue weighted by atomic mass is 9.47. The molecule has 4 aliphatic rings. The molecule has 0 spiro atoms. The van der Waals surface area contributed by atoms with Crippen molar-refractivity contribution in [3.8, 4) is 0 Å². The number of hydrogen-bond acceptors (Lipinski definition) is 6. The minimum absolute atomic E-state index is 0.141. The van der Waals surface area contributed by atoms with Crippen molar-refractivity contribution in [2.24, 2.45) is 52.3 Å². The smallest absolute Gasteiger partial charge is 0.180 e. The highest BCUT2D eigenvalue weighted by molar-refractivity contribution is 8.24. The van der Waals surface area contributed by atoms with Crippen LogP contribution in [0.25, 0.3) is 0 Å². The Morgan fingerprint density at radius 2 is 1.44 bits per heavy atom. The van der Waals surface area contributed by atoms with Gasteiger partial charge in [-0.3, -0.25) is 13.3 Å². The predicted octanol–water partition coefficient (Wildman–Crippen LogP) is 15.7. The minimum Gasteiger partial charge on any atom is -0.395 e. The van der Waals surface area contributed by atoms with Gasteiger partial charge in [0, 0.05) is 32.0 Å². The number of allylic oxidation sites excluding steroid dienone is 7. The number of ether oxygens (including phenoxy) is 1. The van der Waals surface area contributed by atoms with Gasteiger partial charge in [-0.05, 0) is 168 Å². The molecule has 0 aromatic rings. The zero-order valence-corrected chi connectivity index (χ0v) is 45.4. The molecule has 0 bridgehead atoms. The second kappa shape index (κ2) is 30.7. The Kier molecular flexibility index (Phi) is 26.8. The molecule has 66 heavy (non-hydrogen) atoms. The first-order chi connectivity index (χ1) is 31.8. The minimum atomic E-state index is -1.73. The van der Waals surface area contributed by atoms with E-state index >= 15 is 0 Å². The van der Waals surface area contributed by atoms with E-state index < -0.39 is 10.6 Å². The fourth-order valence-corrected chi connectivity index (χ4v) is 14.6. The van der Waals surface area contributed by atoms with Gasteiger partial charge in [-0.25, -0.2) is 0 Å². The summed E-state index contributed by atoms with van der Waals surface area (Å²) >= 11 is 0. The highest BCUT2D eigenvalue weighted by atomic mass is 32.3. The lowest BCUT2D eigenvalue weighted by Crippen LogP contribution is -2.51. The van der Waals surface area contributed by atoms with Crippen molar-refractivity contribution in [3.63, 3.8) is 0 Å². The van der Waals surface area contributed by atoms with E-state index in [0.717, 1.165) is 93.9 Å². The summed E-state index contributed by atoms with van der Waals surface area (Å²) in [5.74, 6) is 5.41. The molecule has 384 valence electrons. The van der Waals surface area contributed by atoms with Crippen LogP contribution in [0.1, 0.15) is 209 Å². The molecular weight excluding hydrogens is 835 g/mol. The van der Waals surface area contributed by atoms with E-state index in [0.29, 0.717) is 42.4 Å². The van der Waals surface area contributed by atoms with Gasteiger partial charge < -0.3 is 14.9 Å². The molecule has 3 fully saturated rings. The van der Waals surface area contributed by atoms with Crippen LogP contribution in [0.2, 0.25) is 0 Å². The number of aliphatic hydroxyl groups is 2. The van der Waals surface area contributed by atoms with Crippen LogP contribution < -0.4 is 0 Å². The molecule has 4 aliphatic carbocycles. The van der Waals surface area contributed by atoms with Gasteiger partial charge in [0.2, 0.25) is 0 Å². The summed E-state index contributed by atoms with van der Waals surface area (Å²) in [5.41, 5.74) is 2.47. The van der Waals surface area contributed by atoms with Crippen molar-refractivity contribution in [3.05, 3.63) is 48.1 Å². The molecule has 2 N–H and O–H groups in total. The largest absolute Gasteiger partial charge is 0.395 e. The first kappa shape index (κ1) is 57.6. The number of aliphatic hydroxyl groups excluding tert-OH is 2. The van der Waals surface area contributed by atoms with E-state index in [2.05, 4.69) is 108 Å². The summed E-state index contributed by atoms with van der Waals surface area (Å²) in [7, 11) is -1.73. The van der Waals surface area contributed by atoms with Crippen LogP contribution >= 0.6 is 10.6 Å². The van der Waals surface area contributed by atoms with E-state index in [1.54, 1.807) is 5.57 Å². The van der Waals surface area contributed by atoms with Crippen LogP contribution in [0, 0.1) is 52.3 Å². The third-order valence-corrected chi connectivity index (χ3v) is 18.8. The Morgan fingerprint density at radius 1 is 0.758 bits per heavy atom. The highest BCUT2D eigenvalue weighted by Crippen LogP contribution is 2.67. The fourth-order valence-electron chi connectivity index (χ4n) is 13.4. The molecule has 0 aliphatic heterocycles. The van der Waals surface area contributed by atoms with Gasteiger partial charge in [-0.1, -0.05) is 142 Å². The van der Waals surface area contributed by atoms with Crippen molar-refractivity contribution in [1.82, 2.24) is 4.90 Å². The maximum atomic E-state index is 9.33. The maximum absolute atomic E-state index is 9.33. The molecule has 0 amide bonds. The second-order valence-electron chi connectivity index (χ2n) is 22.8. The molecule has 0 radical (unpaired) electrons. The van der Waals surface area contributed by atoms with E-state index in [9.17, 15) is 10.2 Å². The summed E-state index contributed by atoms with van der Waals surface area (Å²) in [6.45, 7) is 20.5. The molecule has 10 unspecified atom stereocenters. The average Bonchev–Trinajstić information content (AvgIpc) is 3.64. The molecule has 0 aromatic carbocycles. The summed E-state index contributed by atoms with van der Waals surface area (Å²) in [5, 5.41) is 18.7. The van der Waals surface area contributed by atoms with Crippen LogP contribution in [0.4, 0.5) is 0 Å². The second-order valence-corrected chi connectivity index (χ2v) is 25.5. The number of hydrogen-bond donors (Lipinski definition) is 2. The standard InChI is InChI=1S/C59H107NO5S/c1-10-12-13-14-15-16-17-18-19-20-21-22-23-24-27-30-57(65-66(8,9)63-46-29-26-25-28-41-60(42-44-61)43-45-62)64-52-37-39-58(6)51(47-52)33-34-53-55-36-35-54(59(55,7)40-38-56(53)58)49(5)31-32-50(11-2)48(3)4/h15-16,18-19,31-33,48-50,52-57,61-62H,10-14,17,20-30,34-47H2,1-9H3/b16-15-,19-18-,32-31+. The van der Waals surface area contributed by atoms with Crippen LogP contribution in [-0.2, 0) is 13.1 Å². The van der Waals surface area contributed by atoms with Gasteiger partial charge in [-0.2, -0.15) is 10.6 Å². The highest BCUT2D eigenvalue weighted by Gasteiger charge is 2.59. The Labute approximate surface area is 410 Å². The topological polar surface area (TPSA) is 71.4 Å². The van der Waals surface area contributed by atoms with Gasteiger partial charge in [0.1, 0.15) is 0 Å². The average molecular weight is 943 g/mol. The van der Waals surface area contributed by atoms with Crippen LogP contribution in [0.3, 0.4) is 0 Å². The van der Waals surface area contributed by atoms with Crippen LogP contribution in [0.15, 0.2) is 48.1 Å². The van der Waals surface area contributed by atoms with Crippen molar-refractivity contribution < 1.29 is 23.3 Å². The summed E-state index contributed by atoms with van der Waals surface area (Å²) < 4.78 is 20.5. The van der Waals surface area contributed by atoms with Crippen molar-refractivity contribution in [2.75, 3.05) is 52.0 Å². The number of rotatable bonds is 35.